The number of allylic oxidation sites excluding steroid dienone is 3. The average Bonchev–Trinajstić information content (AvgIpc) is 3.61. The van der Waals surface area contributed by atoms with Crippen molar-refractivity contribution in [3.63, 3.8) is 0 Å². The zero-order valence-corrected chi connectivity index (χ0v) is 27.7. The van der Waals surface area contributed by atoms with E-state index in [4.69, 9.17) is 4.98 Å². The fourth-order valence-corrected chi connectivity index (χ4v) is 7.38. The average molecular weight is 759 g/mol. The molecule has 0 atom stereocenters. The number of pyridine rings is 1. The third kappa shape index (κ3) is 6.77. The van der Waals surface area contributed by atoms with Crippen molar-refractivity contribution in [3.05, 3.63) is 128 Å². The number of hydrogen-bond acceptors (Lipinski definition) is 6. The van der Waals surface area contributed by atoms with E-state index in [0.717, 1.165) is 28.3 Å². The Kier molecular flexibility index (Phi) is 8.26. The quantitative estimate of drug-likeness (QED) is 0.176. The summed E-state index contributed by atoms with van der Waals surface area (Å²) in [5.41, 5.74) is 7.43. The molecule has 0 saturated carbocycles. The van der Waals surface area contributed by atoms with Gasteiger partial charge in [-0.15, -0.1) is 0 Å². The number of sulfonamides is 1. The molecule has 3 aromatic carbocycles. The monoisotopic (exact) mass is 758 g/mol. The van der Waals surface area contributed by atoms with Crippen LogP contribution in [0, 0.1) is 5.82 Å². The summed E-state index contributed by atoms with van der Waals surface area (Å²) in [4.78, 5) is 25.3. The summed E-state index contributed by atoms with van der Waals surface area (Å²) in [7, 11) is -3.45. The molecular formula is C34H26FIN7O3S-. The van der Waals surface area contributed by atoms with Crippen LogP contribution in [0.4, 0.5) is 4.39 Å². The number of amides is 1. The number of carbonyl (C=O) groups excluding carboxylic acids is 1. The summed E-state index contributed by atoms with van der Waals surface area (Å²) in [6.07, 6.45) is 8.22. The van der Waals surface area contributed by atoms with Gasteiger partial charge < -0.3 is 0 Å². The molecule has 1 aliphatic rings. The normalized spacial score (nSPS) is 13.6. The molecule has 0 bridgehead atoms. The van der Waals surface area contributed by atoms with Crippen LogP contribution < -0.4 is 31.2 Å². The van der Waals surface area contributed by atoms with Crippen molar-refractivity contribution in [2.24, 2.45) is 0 Å². The van der Waals surface area contributed by atoms with Gasteiger partial charge in [-0.3, -0.25) is 0 Å². The zero-order chi connectivity index (χ0) is 32.5. The Labute approximate surface area is 279 Å². The molecule has 1 amide bonds. The van der Waals surface area contributed by atoms with Crippen LogP contribution in [0.25, 0.3) is 50.2 Å². The Morgan fingerprint density at radius 2 is 1.85 bits per heavy atom. The number of imidazole rings is 1. The molecule has 4 heterocycles. The SMILES string of the molecule is CS(=O)(=O)NCc1cc(F)cc(-c2cncc3[nH]c(-c4n[nH]c5ccc(C6=C[I-]C=CC(NC(=O)c7ccccc7)=C6)cc45)nc23)c1. The van der Waals surface area contributed by atoms with Gasteiger partial charge in [0.2, 0.25) is 10.0 Å². The van der Waals surface area contributed by atoms with Crippen molar-refractivity contribution in [2.75, 3.05) is 6.26 Å². The van der Waals surface area contributed by atoms with E-state index >= 15 is 0 Å². The van der Waals surface area contributed by atoms with Gasteiger partial charge in [0.15, 0.2) is 0 Å². The summed E-state index contributed by atoms with van der Waals surface area (Å²) in [5.74, 6) is -0.177. The second kappa shape index (κ2) is 12.7. The predicted molar refractivity (Wildman–Crippen MR) is 175 cm³/mol. The van der Waals surface area contributed by atoms with Crippen LogP contribution >= 0.6 is 0 Å². The summed E-state index contributed by atoms with van der Waals surface area (Å²) in [6, 6.07) is 19.5. The standard InChI is InChI=1S/C34H26FIN7O3S/c1-47(45,46)38-17-20-11-23(13-25(35)12-20)28-18-37-19-30-31(28)41-33(40-30)32-27-15-22(7-8-29(27)42-43-32)24-14-26(9-10-36-16-24)39-34(44)21-5-3-2-4-6-21/h2-16,18-19,38H,17H2,1H3,(H,39,44)(H,40,41)(H,42,43)/q-1. The summed E-state index contributed by atoms with van der Waals surface area (Å²) < 4.78 is 44.5. The van der Waals surface area contributed by atoms with Crippen LogP contribution in [0.5, 0.6) is 0 Å². The number of H-pyrrole nitrogens is 2. The molecule has 0 radical (unpaired) electrons. The number of nitrogens with one attached hydrogen (secondary N) is 4. The topological polar surface area (TPSA) is 146 Å². The number of aromatic amines is 2. The molecule has 3 aromatic heterocycles. The number of aromatic nitrogens is 5. The Balaban J connectivity index is 1.22. The Morgan fingerprint density at radius 3 is 2.68 bits per heavy atom. The van der Waals surface area contributed by atoms with E-state index in [2.05, 4.69) is 38.4 Å². The maximum absolute atomic E-state index is 14.6. The van der Waals surface area contributed by atoms with Crippen molar-refractivity contribution >= 4 is 43.4 Å². The Morgan fingerprint density at radius 1 is 1.00 bits per heavy atom. The van der Waals surface area contributed by atoms with E-state index in [-0.39, 0.29) is 33.7 Å². The fraction of sp³-hybridized carbons (Fsp3) is 0.0588. The second-order valence-electron chi connectivity index (χ2n) is 10.8. The van der Waals surface area contributed by atoms with Crippen LogP contribution in [-0.2, 0) is 16.6 Å². The molecule has 0 spiro atoms. The van der Waals surface area contributed by atoms with Crippen molar-refractivity contribution < 1.29 is 38.8 Å². The molecule has 0 aliphatic carbocycles. The molecule has 0 unspecified atom stereocenters. The minimum atomic E-state index is -3.45. The van der Waals surface area contributed by atoms with E-state index in [0.29, 0.717) is 50.5 Å². The Bertz CT molecular complexity index is 2380. The van der Waals surface area contributed by atoms with Crippen LogP contribution in [0.15, 0.2) is 105 Å². The summed E-state index contributed by atoms with van der Waals surface area (Å²) in [5, 5.41) is 11.5. The maximum atomic E-state index is 14.6. The van der Waals surface area contributed by atoms with E-state index in [1.807, 2.05) is 48.6 Å². The molecule has 10 nitrogen and oxygen atoms in total. The van der Waals surface area contributed by atoms with E-state index < -0.39 is 15.8 Å². The number of halogens is 2. The molecule has 47 heavy (non-hydrogen) atoms. The number of fused-ring (bicyclic) bond motifs is 2. The molecule has 6 aromatic rings. The van der Waals surface area contributed by atoms with Gasteiger partial charge in [-0.1, -0.05) is 0 Å². The van der Waals surface area contributed by atoms with E-state index in [9.17, 15) is 17.6 Å². The molecule has 0 saturated heterocycles. The Hall–Kier alpha value is -4.99. The first-order valence-electron chi connectivity index (χ1n) is 14.3. The third-order valence-corrected chi connectivity index (χ3v) is 9.90. The molecule has 13 heteroatoms. The predicted octanol–water partition coefficient (Wildman–Crippen LogP) is 2.63. The number of rotatable bonds is 8. The fourth-order valence-electron chi connectivity index (χ4n) is 5.23. The number of benzene rings is 3. The van der Waals surface area contributed by atoms with Crippen molar-refractivity contribution in [3.8, 4) is 22.6 Å². The molecule has 4 N–H and O–H groups in total. The van der Waals surface area contributed by atoms with Gasteiger partial charge in [-0.2, -0.15) is 0 Å². The molecule has 0 fully saturated rings. The van der Waals surface area contributed by atoms with Crippen molar-refractivity contribution in [1.82, 2.24) is 35.2 Å². The number of carbonyl (C=O) groups is 1. The number of hydrogen-bond donors (Lipinski definition) is 4. The third-order valence-electron chi connectivity index (χ3n) is 7.42. The van der Waals surface area contributed by atoms with Crippen LogP contribution in [-0.4, -0.2) is 45.7 Å². The first-order valence-corrected chi connectivity index (χ1v) is 18.7. The van der Waals surface area contributed by atoms with Gasteiger partial charge in [-0.25, -0.2) is 17.5 Å². The van der Waals surface area contributed by atoms with Crippen LogP contribution in [0.2, 0.25) is 0 Å². The first-order chi connectivity index (χ1) is 22.7. The van der Waals surface area contributed by atoms with Gasteiger partial charge in [0.1, 0.15) is 5.82 Å². The van der Waals surface area contributed by atoms with E-state index in [1.54, 1.807) is 30.6 Å². The van der Waals surface area contributed by atoms with Gasteiger partial charge >= 0.3 is 223 Å². The molecule has 7 rings (SSSR count). The van der Waals surface area contributed by atoms with E-state index in [1.165, 1.54) is 12.1 Å². The number of nitrogens with zero attached hydrogens (tertiary/aromatic N) is 3. The first kappa shape index (κ1) is 30.7. The minimum absolute atomic E-state index is 0.0506. The molecular weight excluding hydrogens is 732 g/mol. The second-order valence-corrected chi connectivity index (χ2v) is 14.7. The van der Waals surface area contributed by atoms with Gasteiger partial charge in [0.05, 0.1) is 6.26 Å². The molecule has 236 valence electrons. The van der Waals surface area contributed by atoms with Crippen LogP contribution in [0.3, 0.4) is 0 Å². The summed E-state index contributed by atoms with van der Waals surface area (Å²) in [6.45, 7) is -0.0506. The van der Waals surface area contributed by atoms with Gasteiger partial charge in [0, 0.05) is 6.54 Å². The van der Waals surface area contributed by atoms with Crippen molar-refractivity contribution in [1.29, 1.82) is 0 Å². The van der Waals surface area contributed by atoms with Crippen LogP contribution in [0.1, 0.15) is 21.5 Å². The zero-order valence-electron chi connectivity index (χ0n) is 24.8. The van der Waals surface area contributed by atoms with Crippen molar-refractivity contribution in [2.45, 2.75) is 6.54 Å². The van der Waals surface area contributed by atoms with Gasteiger partial charge in [-0.05, 0) is 11.6 Å². The summed E-state index contributed by atoms with van der Waals surface area (Å²) >= 11 is -0.382. The van der Waals surface area contributed by atoms with Gasteiger partial charge in [0.25, 0.3) is 0 Å². The molecule has 1 aliphatic heterocycles.